The van der Waals surface area contributed by atoms with Crippen LogP contribution in [0, 0.1) is 10.1 Å². The molecule has 2 aromatic carbocycles. The highest BCUT2D eigenvalue weighted by atomic mass is 16.7. The van der Waals surface area contributed by atoms with E-state index in [0.29, 0.717) is 17.1 Å². The first-order valence-electron chi connectivity index (χ1n) is 6.61. The molecule has 8 heteroatoms. The summed E-state index contributed by atoms with van der Waals surface area (Å²) in [6.45, 7) is 0.148. The van der Waals surface area contributed by atoms with E-state index in [0.717, 1.165) is 0 Å². The van der Waals surface area contributed by atoms with E-state index in [1.807, 2.05) is 0 Å². The predicted octanol–water partition coefficient (Wildman–Crippen LogP) is 2.09. The number of nitro groups is 1. The summed E-state index contributed by atoms with van der Waals surface area (Å²) in [7, 11) is 0. The zero-order chi connectivity index (χ0) is 16.2. The Labute approximate surface area is 130 Å². The molecule has 0 radical (unpaired) electrons. The Bertz CT molecular complexity index is 786. The molecule has 0 atom stereocenters. The number of benzene rings is 2. The molecule has 0 aliphatic carbocycles. The summed E-state index contributed by atoms with van der Waals surface area (Å²) >= 11 is 0. The number of carbonyl (C=O) groups excluding carboxylic acids is 1. The second-order valence-electron chi connectivity index (χ2n) is 4.58. The van der Waals surface area contributed by atoms with Crippen molar-refractivity contribution >= 4 is 17.8 Å². The molecule has 0 saturated heterocycles. The fraction of sp³-hybridized carbons (Fsp3) is 0.0667. The second kappa shape index (κ2) is 6.14. The number of nitrogens with one attached hydrogen (secondary N) is 1. The fourth-order valence-electron chi connectivity index (χ4n) is 2.01. The van der Waals surface area contributed by atoms with E-state index in [1.54, 1.807) is 18.2 Å². The van der Waals surface area contributed by atoms with Crippen LogP contribution >= 0.6 is 0 Å². The van der Waals surface area contributed by atoms with Crippen LogP contribution in [0.5, 0.6) is 11.5 Å². The number of para-hydroxylation sites is 1. The summed E-state index contributed by atoms with van der Waals surface area (Å²) in [5, 5.41) is 14.4. The number of non-ortho nitro benzene ring substituents is 1. The molecule has 3 rings (SSSR count). The lowest BCUT2D eigenvalue weighted by molar-refractivity contribution is -0.384. The van der Waals surface area contributed by atoms with Gasteiger partial charge >= 0.3 is 0 Å². The molecule has 116 valence electrons. The largest absolute Gasteiger partial charge is 0.454 e. The minimum absolute atomic E-state index is 0.0814. The number of fused-ring (bicyclic) bond motifs is 1. The van der Waals surface area contributed by atoms with E-state index in [1.165, 1.54) is 30.5 Å². The first-order valence-corrected chi connectivity index (χ1v) is 6.61. The second-order valence-corrected chi connectivity index (χ2v) is 4.58. The zero-order valence-corrected chi connectivity index (χ0v) is 11.8. The Morgan fingerprint density at radius 1 is 1.22 bits per heavy atom. The van der Waals surface area contributed by atoms with Gasteiger partial charge in [0.1, 0.15) is 0 Å². The van der Waals surface area contributed by atoms with E-state index in [4.69, 9.17) is 9.47 Å². The average molecular weight is 313 g/mol. The van der Waals surface area contributed by atoms with Gasteiger partial charge in [0.25, 0.3) is 11.6 Å². The van der Waals surface area contributed by atoms with Crippen molar-refractivity contribution in [3.63, 3.8) is 0 Å². The maximum absolute atomic E-state index is 11.9. The number of carbonyl (C=O) groups is 1. The summed E-state index contributed by atoms with van der Waals surface area (Å²) in [6, 6.07) is 10.6. The first kappa shape index (κ1) is 14.5. The first-order chi connectivity index (χ1) is 11.1. The van der Waals surface area contributed by atoms with Crippen molar-refractivity contribution in [3.8, 4) is 11.5 Å². The maximum atomic E-state index is 11.9. The maximum Gasteiger partial charge on any atom is 0.271 e. The Morgan fingerprint density at radius 2 is 2.00 bits per heavy atom. The lowest BCUT2D eigenvalue weighted by Gasteiger charge is -2.01. The van der Waals surface area contributed by atoms with Crippen molar-refractivity contribution in [1.82, 2.24) is 5.43 Å². The van der Waals surface area contributed by atoms with Gasteiger partial charge in [-0.3, -0.25) is 14.9 Å². The summed E-state index contributed by atoms with van der Waals surface area (Å²) in [5.41, 5.74) is 3.21. The molecule has 0 spiro atoms. The smallest absolute Gasteiger partial charge is 0.271 e. The molecule has 1 aliphatic rings. The van der Waals surface area contributed by atoms with Crippen LogP contribution < -0.4 is 14.9 Å². The topological polar surface area (TPSA) is 103 Å². The predicted molar refractivity (Wildman–Crippen MR) is 80.7 cm³/mol. The van der Waals surface area contributed by atoms with Crippen LogP contribution in [0.3, 0.4) is 0 Å². The molecule has 1 aliphatic heterocycles. The van der Waals surface area contributed by atoms with E-state index in [9.17, 15) is 14.9 Å². The summed E-state index contributed by atoms with van der Waals surface area (Å²) in [4.78, 5) is 21.9. The SMILES string of the molecule is O=C(NN=Cc1cccc2c1OCO2)c1ccc([N+](=O)[O-])cc1. The molecule has 0 bridgehead atoms. The molecule has 2 aromatic rings. The van der Waals surface area contributed by atoms with E-state index in [2.05, 4.69) is 10.5 Å². The number of ether oxygens (including phenoxy) is 2. The molecule has 8 nitrogen and oxygen atoms in total. The fourth-order valence-corrected chi connectivity index (χ4v) is 2.01. The van der Waals surface area contributed by atoms with Gasteiger partial charge in [0.15, 0.2) is 11.5 Å². The third kappa shape index (κ3) is 3.10. The summed E-state index contributed by atoms with van der Waals surface area (Å²) in [6.07, 6.45) is 1.44. The van der Waals surface area contributed by atoms with Crippen LogP contribution in [0.15, 0.2) is 47.6 Å². The molecular weight excluding hydrogens is 302 g/mol. The Balaban J connectivity index is 1.67. The molecular formula is C15H11N3O5. The van der Waals surface area contributed by atoms with Crippen molar-refractivity contribution in [3.05, 3.63) is 63.7 Å². The normalized spacial score (nSPS) is 12.3. The van der Waals surface area contributed by atoms with Gasteiger partial charge in [0.05, 0.1) is 11.1 Å². The van der Waals surface area contributed by atoms with Gasteiger partial charge in [-0.05, 0) is 24.3 Å². The minimum Gasteiger partial charge on any atom is -0.454 e. The molecule has 1 amide bonds. The molecule has 1 N–H and O–H groups in total. The van der Waals surface area contributed by atoms with Gasteiger partial charge in [-0.2, -0.15) is 5.10 Å². The number of hydrogen-bond acceptors (Lipinski definition) is 6. The van der Waals surface area contributed by atoms with Crippen LogP contribution in [-0.4, -0.2) is 23.8 Å². The molecule has 0 saturated carbocycles. The van der Waals surface area contributed by atoms with Crippen molar-refractivity contribution in [2.24, 2.45) is 5.10 Å². The quantitative estimate of drug-likeness (QED) is 0.529. The van der Waals surface area contributed by atoms with E-state index in [-0.39, 0.29) is 18.0 Å². The molecule has 0 aromatic heterocycles. The number of nitrogens with zero attached hydrogens (tertiary/aromatic N) is 2. The van der Waals surface area contributed by atoms with Crippen molar-refractivity contribution < 1.29 is 19.2 Å². The van der Waals surface area contributed by atoms with E-state index >= 15 is 0 Å². The third-order valence-corrected chi connectivity index (χ3v) is 3.14. The number of rotatable bonds is 4. The highest BCUT2D eigenvalue weighted by Gasteiger charge is 2.16. The summed E-state index contributed by atoms with van der Waals surface area (Å²) in [5.74, 6) is 0.720. The van der Waals surface area contributed by atoms with Crippen LogP contribution in [0.4, 0.5) is 5.69 Å². The highest BCUT2D eigenvalue weighted by molar-refractivity contribution is 5.95. The Kier molecular flexibility index (Phi) is 3.88. The molecule has 23 heavy (non-hydrogen) atoms. The number of amides is 1. The standard InChI is InChI=1S/C15H11N3O5/c19-15(10-4-6-12(7-5-10)18(20)21)17-16-8-11-2-1-3-13-14(11)23-9-22-13/h1-8H,9H2,(H,17,19). The average Bonchev–Trinajstić information content (AvgIpc) is 3.04. The number of nitro benzene ring substituents is 1. The Morgan fingerprint density at radius 3 is 2.74 bits per heavy atom. The molecule has 0 fully saturated rings. The van der Waals surface area contributed by atoms with Crippen molar-refractivity contribution in [1.29, 1.82) is 0 Å². The lowest BCUT2D eigenvalue weighted by Crippen LogP contribution is -2.17. The lowest BCUT2D eigenvalue weighted by atomic mass is 10.2. The van der Waals surface area contributed by atoms with Crippen LogP contribution in [-0.2, 0) is 0 Å². The zero-order valence-electron chi connectivity index (χ0n) is 11.8. The van der Waals surface area contributed by atoms with E-state index < -0.39 is 10.8 Å². The van der Waals surface area contributed by atoms with Gasteiger partial charge in [0, 0.05) is 23.3 Å². The highest BCUT2D eigenvalue weighted by Crippen LogP contribution is 2.34. The van der Waals surface area contributed by atoms with Crippen LogP contribution in [0.2, 0.25) is 0 Å². The third-order valence-electron chi connectivity index (χ3n) is 3.14. The van der Waals surface area contributed by atoms with Crippen molar-refractivity contribution in [2.75, 3.05) is 6.79 Å². The minimum atomic E-state index is -0.530. The molecule has 0 unspecified atom stereocenters. The Hall–Kier alpha value is -3.42. The number of hydrogen-bond donors (Lipinski definition) is 1. The van der Waals surface area contributed by atoms with Gasteiger partial charge in [-0.1, -0.05) is 6.07 Å². The van der Waals surface area contributed by atoms with Gasteiger partial charge in [-0.15, -0.1) is 0 Å². The van der Waals surface area contributed by atoms with Crippen LogP contribution in [0.1, 0.15) is 15.9 Å². The monoisotopic (exact) mass is 313 g/mol. The van der Waals surface area contributed by atoms with Crippen molar-refractivity contribution in [2.45, 2.75) is 0 Å². The van der Waals surface area contributed by atoms with Crippen LogP contribution in [0.25, 0.3) is 0 Å². The van der Waals surface area contributed by atoms with Gasteiger partial charge in [-0.25, -0.2) is 5.43 Å². The van der Waals surface area contributed by atoms with Gasteiger partial charge < -0.3 is 9.47 Å². The number of hydrazone groups is 1. The summed E-state index contributed by atoms with van der Waals surface area (Å²) < 4.78 is 10.6. The molecule has 1 heterocycles. The van der Waals surface area contributed by atoms with Gasteiger partial charge in [0.2, 0.25) is 6.79 Å².